The molecule has 0 spiro atoms. The summed E-state index contributed by atoms with van der Waals surface area (Å²) < 4.78 is 0. The Balaban J connectivity index is 2.74. The van der Waals surface area contributed by atoms with Gasteiger partial charge in [-0.05, 0) is 49.7 Å². The predicted molar refractivity (Wildman–Crippen MR) is 105 cm³/mol. The van der Waals surface area contributed by atoms with Gasteiger partial charge < -0.3 is 22.9 Å². The van der Waals surface area contributed by atoms with Gasteiger partial charge in [0.05, 0.1) is 0 Å². The van der Waals surface area contributed by atoms with Crippen LogP contribution in [0.25, 0.3) is 0 Å². The summed E-state index contributed by atoms with van der Waals surface area (Å²) in [5.41, 5.74) is 23.1. The van der Waals surface area contributed by atoms with Gasteiger partial charge in [-0.1, -0.05) is 24.3 Å². The van der Waals surface area contributed by atoms with Crippen LogP contribution in [0, 0.1) is 11.8 Å². The minimum atomic E-state index is -0.420. The highest BCUT2D eigenvalue weighted by atomic mass is 16.2. The maximum atomic E-state index is 11.7. The van der Waals surface area contributed by atoms with Crippen molar-refractivity contribution in [2.45, 2.75) is 51.4 Å². The molecule has 2 atom stereocenters. The van der Waals surface area contributed by atoms with E-state index < -0.39 is 35.5 Å². The van der Waals surface area contributed by atoms with E-state index in [-0.39, 0.29) is 12.8 Å². The second kappa shape index (κ2) is 11.7. The molecule has 0 saturated carbocycles. The molecule has 4 amide bonds. The third kappa shape index (κ3) is 9.16. The zero-order chi connectivity index (χ0) is 21.1. The molecule has 0 bridgehead atoms. The Labute approximate surface area is 165 Å². The van der Waals surface area contributed by atoms with E-state index in [1.807, 2.05) is 24.3 Å². The average molecular weight is 390 g/mol. The lowest BCUT2D eigenvalue weighted by molar-refractivity contribution is -0.123. The molecular formula is C20H30N4O4. The number of benzene rings is 1. The number of primary amides is 4. The first-order chi connectivity index (χ1) is 13.2. The van der Waals surface area contributed by atoms with Crippen LogP contribution in [-0.4, -0.2) is 23.6 Å². The number of nitrogens with two attached hydrogens (primary N) is 4. The lowest BCUT2D eigenvalue weighted by Gasteiger charge is -2.16. The molecule has 2 unspecified atom stereocenters. The second-order valence-electron chi connectivity index (χ2n) is 7.14. The standard InChI is InChI=1S/C20H30N4O4/c21-17(25)8-2-6-15(19(23)27)11-13-4-1-5-14(10-13)12-16(20(24)28)7-3-9-18(22)26/h1,4-5,10,15-16H,2-3,6-9,11-12H2,(H2,21,25)(H2,22,26)(H2,23,27)(H2,24,28). The third-order valence-electron chi connectivity index (χ3n) is 4.71. The molecule has 0 radical (unpaired) electrons. The van der Waals surface area contributed by atoms with E-state index in [4.69, 9.17) is 22.9 Å². The van der Waals surface area contributed by atoms with Gasteiger partial charge in [-0.2, -0.15) is 0 Å². The van der Waals surface area contributed by atoms with Gasteiger partial charge in [0.25, 0.3) is 0 Å². The summed E-state index contributed by atoms with van der Waals surface area (Å²) in [6, 6.07) is 7.56. The molecule has 28 heavy (non-hydrogen) atoms. The molecule has 0 aliphatic carbocycles. The molecule has 8 heteroatoms. The van der Waals surface area contributed by atoms with E-state index in [2.05, 4.69) is 0 Å². The maximum absolute atomic E-state index is 11.7. The molecular weight excluding hydrogens is 360 g/mol. The monoisotopic (exact) mass is 390 g/mol. The molecule has 0 aliphatic heterocycles. The van der Waals surface area contributed by atoms with Crippen molar-refractivity contribution >= 4 is 23.6 Å². The Kier molecular flexibility index (Phi) is 9.70. The van der Waals surface area contributed by atoms with Crippen molar-refractivity contribution in [1.29, 1.82) is 0 Å². The molecule has 1 aromatic rings. The first-order valence-corrected chi connectivity index (χ1v) is 9.42. The molecule has 1 aromatic carbocycles. The van der Waals surface area contributed by atoms with E-state index in [0.29, 0.717) is 38.5 Å². The minimum absolute atomic E-state index is 0.218. The van der Waals surface area contributed by atoms with Crippen LogP contribution in [0.5, 0.6) is 0 Å². The van der Waals surface area contributed by atoms with Crippen molar-refractivity contribution in [1.82, 2.24) is 0 Å². The van der Waals surface area contributed by atoms with E-state index in [1.54, 1.807) is 0 Å². The van der Waals surface area contributed by atoms with Crippen LogP contribution in [0.1, 0.15) is 49.7 Å². The summed E-state index contributed by atoms with van der Waals surface area (Å²) in [6.45, 7) is 0. The third-order valence-corrected chi connectivity index (χ3v) is 4.71. The van der Waals surface area contributed by atoms with Crippen molar-refractivity contribution < 1.29 is 19.2 Å². The summed E-state index contributed by atoms with van der Waals surface area (Å²) in [7, 11) is 0. The van der Waals surface area contributed by atoms with Crippen LogP contribution >= 0.6 is 0 Å². The minimum Gasteiger partial charge on any atom is -0.370 e. The van der Waals surface area contributed by atoms with E-state index in [0.717, 1.165) is 11.1 Å². The van der Waals surface area contributed by atoms with Gasteiger partial charge in [0, 0.05) is 24.7 Å². The van der Waals surface area contributed by atoms with Crippen LogP contribution in [0.3, 0.4) is 0 Å². The quantitative estimate of drug-likeness (QED) is 0.357. The topological polar surface area (TPSA) is 172 Å². The highest BCUT2D eigenvalue weighted by Crippen LogP contribution is 2.20. The van der Waals surface area contributed by atoms with Crippen LogP contribution in [-0.2, 0) is 32.0 Å². The van der Waals surface area contributed by atoms with Gasteiger partial charge in [0.15, 0.2) is 0 Å². The normalized spacial score (nSPS) is 12.9. The van der Waals surface area contributed by atoms with E-state index >= 15 is 0 Å². The van der Waals surface area contributed by atoms with E-state index in [9.17, 15) is 19.2 Å². The molecule has 154 valence electrons. The number of amides is 4. The molecule has 0 fully saturated rings. The van der Waals surface area contributed by atoms with Crippen molar-refractivity contribution in [3.8, 4) is 0 Å². The molecule has 0 heterocycles. The van der Waals surface area contributed by atoms with Gasteiger partial charge in [-0.15, -0.1) is 0 Å². The SMILES string of the molecule is NC(=O)CCCC(Cc1cccc(CC(CCCC(N)=O)C(N)=O)c1)C(N)=O. The molecule has 8 N–H and O–H groups in total. The van der Waals surface area contributed by atoms with Crippen molar-refractivity contribution in [2.24, 2.45) is 34.8 Å². The van der Waals surface area contributed by atoms with Crippen molar-refractivity contribution in [3.05, 3.63) is 35.4 Å². The highest BCUT2D eigenvalue weighted by molar-refractivity contribution is 5.78. The van der Waals surface area contributed by atoms with Gasteiger partial charge in [-0.3, -0.25) is 19.2 Å². The second-order valence-corrected chi connectivity index (χ2v) is 7.14. The fourth-order valence-electron chi connectivity index (χ4n) is 3.19. The van der Waals surface area contributed by atoms with Gasteiger partial charge in [0.2, 0.25) is 23.6 Å². The maximum Gasteiger partial charge on any atom is 0.220 e. The fraction of sp³-hybridized carbons (Fsp3) is 0.500. The fourth-order valence-corrected chi connectivity index (χ4v) is 3.19. The molecule has 0 aliphatic rings. The van der Waals surface area contributed by atoms with E-state index in [1.165, 1.54) is 0 Å². The number of rotatable bonds is 14. The summed E-state index contributed by atoms with van der Waals surface area (Å²) >= 11 is 0. The zero-order valence-corrected chi connectivity index (χ0v) is 16.1. The summed E-state index contributed by atoms with van der Waals surface area (Å²) in [5, 5.41) is 0. The van der Waals surface area contributed by atoms with Crippen LogP contribution in [0.15, 0.2) is 24.3 Å². The Morgan fingerprint density at radius 1 is 0.714 bits per heavy atom. The van der Waals surface area contributed by atoms with Crippen molar-refractivity contribution in [3.63, 3.8) is 0 Å². The molecule has 8 nitrogen and oxygen atoms in total. The Morgan fingerprint density at radius 3 is 1.43 bits per heavy atom. The molecule has 1 rings (SSSR count). The first-order valence-electron chi connectivity index (χ1n) is 9.42. The van der Waals surface area contributed by atoms with Crippen LogP contribution in [0.4, 0.5) is 0 Å². The zero-order valence-electron chi connectivity index (χ0n) is 16.1. The number of hydrogen-bond donors (Lipinski definition) is 4. The summed E-state index contributed by atoms with van der Waals surface area (Å²) in [4.78, 5) is 45.2. The lowest BCUT2D eigenvalue weighted by Crippen LogP contribution is -2.26. The predicted octanol–water partition coefficient (Wildman–Crippen LogP) is 0.286. The summed E-state index contributed by atoms with van der Waals surface area (Å²) in [6.07, 6.45) is 3.32. The molecule has 0 saturated heterocycles. The Morgan fingerprint density at radius 2 is 1.11 bits per heavy atom. The van der Waals surface area contributed by atoms with Crippen LogP contribution in [0.2, 0.25) is 0 Å². The van der Waals surface area contributed by atoms with Gasteiger partial charge in [0.1, 0.15) is 0 Å². The largest absolute Gasteiger partial charge is 0.370 e. The Hall–Kier alpha value is -2.90. The number of carbonyl (C=O) groups excluding carboxylic acids is 4. The van der Waals surface area contributed by atoms with Gasteiger partial charge >= 0.3 is 0 Å². The molecule has 0 aromatic heterocycles. The van der Waals surface area contributed by atoms with Gasteiger partial charge in [-0.25, -0.2) is 0 Å². The van der Waals surface area contributed by atoms with Crippen LogP contribution < -0.4 is 22.9 Å². The first kappa shape index (κ1) is 23.1. The summed E-state index contributed by atoms with van der Waals surface area (Å²) in [5.74, 6) is -2.43. The lowest BCUT2D eigenvalue weighted by atomic mass is 9.89. The number of hydrogen-bond acceptors (Lipinski definition) is 4. The van der Waals surface area contributed by atoms with Crippen molar-refractivity contribution in [2.75, 3.05) is 0 Å². The average Bonchev–Trinajstić information content (AvgIpc) is 2.59. The number of carbonyl (C=O) groups is 4. The Bertz CT molecular complexity index is 650. The highest BCUT2D eigenvalue weighted by Gasteiger charge is 2.19. The smallest absolute Gasteiger partial charge is 0.220 e.